The number of amides is 1. The lowest BCUT2D eigenvalue weighted by Crippen LogP contribution is -2.15. The number of hydrogen-bond acceptors (Lipinski definition) is 6. The van der Waals surface area contributed by atoms with Crippen LogP contribution in [0, 0.1) is 13.8 Å². The number of aromatic nitrogens is 1. The zero-order valence-electron chi connectivity index (χ0n) is 16.0. The van der Waals surface area contributed by atoms with Gasteiger partial charge in [0, 0.05) is 11.1 Å². The highest BCUT2D eigenvalue weighted by atomic mass is 35.5. The topological polar surface area (TPSA) is 94.3 Å². The van der Waals surface area contributed by atoms with Gasteiger partial charge in [0.2, 0.25) is 5.91 Å². The Labute approximate surface area is 177 Å². The zero-order valence-corrected chi connectivity index (χ0v) is 17.6. The first-order valence-electron chi connectivity index (χ1n) is 8.84. The highest BCUT2D eigenvalue weighted by Gasteiger charge is 2.13. The predicted molar refractivity (Wildman–Crippen MR) is 115 cm³/mol. The van der Waals surface area contributed by atoms with Crippen molar-refractivity contribution in [1.82, 2.24) is 4.98 Å². The third kappa shape index (κ3) is 5.56. The highest BCUT2D eigenvalue weighted by Crippen LogP contribution is 2.21. The van der Waals surface area contributed by atoms with Gasteiger partial charge in [-0.05, 0) is 49.2 Å². The van der Waals surface area contributed by atoms with Crippen molar-refractivity contribution < 1.29 is 14.3 Å². The fraction of sp³-hybridized carbons (Fsp3) is 0.190. The van der Waals surface area contributed by atoms with Crippen LogP contribution in [-0.4, -0.2) is 16.9 Å². The van der Waals surface area contributed by atoms with Gasteiger partial charge in [-0.15, -0.1) is 11.3 Å². The van der Waals surface area contributed by atoms with Gasteiger partial charge < -0.3 is 15.8 Å². The molecule has 1 aromatic heterocycles. The van der Waals surface area contributed by atoms with E-state index in [4.69, 9.17) is 22.1 Å². The van der Waals surface area contributed by atoms with Crippen LogP contribution in [0.2, 0.25) is 5.02 Å². The van der Waals surface area contributed by atoms with Gasteiger partial charge in [0.25, 0.3) is 0 Å². The molecule has 1 heterocycles. The average Bonchev–Trinajstić information content (AvgIpc) is 3.12. The van der Waals surface area contributed by atoms with Crippen LogP contribution in [0.1, 0.15) is 32.2 Å². The minimum Gasteiger partial charge on any atom is -0.456 e. The third-order valence-electron chi connectivity index (χ3n) is 4.16. The highest BCUT2D eigenvalue weighted by molar-refractivity contribution is 7.09. The zero-order chi connectivity index (χ0) is 21.0. The van der Waals surface area contributed by atoms with Crippen molar-refractivity contribution in [3.63, 3.8) is 0 Å². The molecule has 0 fully saturated rings. The van der Waals surface area contributed by atoms with E-state index in [1.807, 2.05) is 32.0 Å². The average molecular weight is 430 g/mol. The maximum absolute atomic E-state index is 12.3. The van der Waals surface area contributed by atoms with Crippen LogP contribution >= 0.6 is 22.9 Å². The van der Waals surface area contributed by atoms with E-state index in [1.54, 1.807) is 17.5 Å². The molecule has 3 rings (SSSR count). The molecule has 0 aliphatic carbocycles. The fourth-order valence-electron chi connectivity index (χ4n) is 2.59. The Balaban J connectivity index is 1.55. The molecule has 2 aromatic carbocycles. The Kier molecular flexibility index (Phi) is 6.51. The minimum absolute atomic E-state index is 0.0104. The van der Waals surface area contributed by atoms with E-state index >= 15 is 0 Å². The molecule has 1 amide bonds. The molecule has 0 aliphatic heterocycles. The fourth-order valence-corrected chi connectivity index (χ4v) is 3.49. The number of aryl methyl sites for hydroxylation is 2. The maximum atomic E-state index is 12.3. The molecular formula is C21H20ClN3O3S. The second-order valence-corrected chi connectivity index (χ2v) is 7.94. The lowest BCUT2D eigenvalue weighted by molar-refractivity contribution is -0.115. The summed E-state index contributed by atoms with van der Waals surface area (Å²) in [5, 5.41) is 5.71. The summed E-state index contributed by atoms with van der Waals surface area (Å²) >= 11 is 7.20. The second kappa shape index (κ2) is 9.07. The smallest absolute Gasteiger partial charge is 0.338 e. The van der Waals surface area contributed by atoms with Gasteiger partial charge in [0.15, 0.2) is 0 Å². The number of nitrogens with zero attached hydrogens (tertiary/aromatic N) is 1. The number of benzene rings is 2. The van der Waals surface area contributed by atoms with Crippen LogP contribution in [0.3, 0.4) is 0 Å². The Morgan fingerprint density at radius 1 is 1.21 bits per heavy atom. The molecule has 29 heavy (non-hydrogen) atoms. The van der Waals surface area contributed by atoms with Crippen LogP contribution in [0.25, 0.3) is 0 Å². The number of halogens is 1. The Morgan fingerprint density at radius 2 is 2.00 bits per heavy atom. The molecule has 0 spiro atoms. The molecule has 0 unspecified atom stereocenters. The van der Waals surface area contributed by atoms with Crippen molar-refractivity contribution in [3.05, 3.63) is 74.2 Å². The van der Waals surface area contributed by atoms with E-state index in [1.165, 1.54) is 17.4 Å². The van der Waals surface area contributed by atoms with Gasteiger partial charge in [-0.1, -0.05) is 23.7 Å². The molecule has 0 aliphatic rings. The molecule has 8 heteroatoms. The first-order valence-corrected chi connectivity index (χ1v) is 10.1. The van der Waals surface area contributed by atoms with E-state index < -0.39 is 5.97 Å². The van der Waals surface area contributed by atoms with Gasteiger partial charge >= 0.3 is 5.97 Å². The minimum atomic E-state index is -0.518. The maximum Gasteiger partial charge on any atom is 0.338 e. The van der Waals surface area contributed by atoms with Crippen molar-refractivity contribution in [2.75, 3.05) is 11.1 Å². The molecule has 3 N–H and O–H groups in total. The molecule has 3 aromatic rings. The van der Waals surface area contributed by atoms with Crippen LogP contribution < -0.4 is 11.1 Å². The monoisotopic (exact) mass is 429 g/mol. The Hall–Kier alpha value is -2.90. The van der Waals surface area contributed by atoms with Gasteiger partial charge in [-0.3, -0.25) is 4.79 Å². The van der Waals surface area contributed by atoms with Crippen LogP contribution in [0.4, 0.5) is 11.4 Å². The Morgan fingerprint density at radius 3 is 2.76 bits per heavy atom. The van der Waals surface area contributed by atoms with Crippen LogP contribution in [-0.2, 0) is 22.6 Å². The van der Waals surface area contributed by atoms with Crippen LogP contribution in [0.15, 0.2) is 41.8 Å². The van der Waals surface area contributed by atoms with Gasteiger partial charge in [0.05, 0.1) is 28.4 Å². The number of nitrogens with two attached hydrogens (primary N) is 1. The van der Waals surface area contributed by atoms with E-state index in [-0.39, 0.29) is 18.9 Å². The van der Waals surface area contributed by atoms with Crippen molar-refractivity contribution in [2.24, 2.45) is 0 Å². The summed E-state index contributed by atoms with van der Waals surface area (Å²) in [5.74, 6) is -0.663. The third-order valence-corrected chi connectivity index (χ3v) is 5.40. The van der Waals surface area contributed by atoms with E-state index in [2.05, 4.69) is 10.3 Å². The first kappa shape index (κ1) is 20.8. The van der Waals surface area contributed by atoms with Crippen LogP contribution in [0.5, 0.6) is 0 Å². The molecule has 0 radical (unpaired) electrons. The number of ether oxygens (including phenoxy) is 1. The van der Waals surface area contributed by atoms with Crippen molar-refractivity contribution in [3.8, 4) is 0 Å². The summed E-state index contributed by atoms with van der Waals surface area (Å²) < 4.78 is 5.26. The van der Waals surface area contributed by atoms with Gasteiger partial charge in [-0.2, -0.15) is 0 Å². The van der Waals surface area contributed by atoms with E-state index in [0.29, 0.717) is 27.0 Å². The quantitative estimate of drug-likeness (QED) is 0.443. The van der Waals surface area contributed by atoms with Crippen molar-refractivity contribution in [1.29, 1.82) is 0 Å². The Bertz CT molecular complexity index is 1070. The van der Waals surface area contributed by atoms with Gasteiger partial charge in [0.1, 0.15) is 11.6 Å². The molecule has 150 valence electrons. The lowest BCUT2D eigenvalue weighted by atomic mass is 10.1. The lowest BCUT2D eigenvalue weighted by Gasteiger charge is -2.08. The normalized spacial score (nSPS) is 10.6. The summed E-state index contributed by atoms with van der Waals surface area (Å²) in [4.78, 5) is 28.8. The number of hydrogen-bond donors (Lipinski definition) is 2. The number of esters is 1. The first-order chi connectivity index (χ1) is 13.8. The number of nitrogen functional groups attached to an aromatic ring is 1. The summed E-state index contributed by atoms with van der Waals surface area (Å²) in [7, 11) is 0. The molecule has 0 atom stereocenters. The summed E-state index contributed by atoms with van der Waals surface area (Å²) in [6.45, 7) is 3.93. The SMILES string of the molecule is Cc1ccc(C)c(NC(=O)Cc2nc(COC(=O)c3ccc(Cl)c(N)c3)cs2)c1. The van der Waals surface area contributed by atoms with Gasteiger partial charge in [-0.25, -0.2) is 9.78 Å². The molecule has 0 bridgehead atoms. The van der Waals surface area contributed by atoms with E-state index in [0.717, 1.165) is 16.8 Å². The largest absolute Gasteiger partial charge is 0.456 e. The van der Waals surface area contributed by atoms with Crippen molar-refractivity contribution >= 4 is 46.2 Å². The molecule has 6 nitrogen and oxygen atoms in total. The molecule has 0 saturated carbocycles. The summed E-state index contributed by atoms with van der Waals surface area (Å²) in [6.07, 6.45) is 0.152. The summed E-state index contributed by atoms with van der Waals surface area (Å²) in [5.41, 5.74) is 9.78. The number of thiazole rings is 1. The number of carbonyl (C=O) groups excluding carboxylic acids is 2. The van der Waals surface area contributed by atoms with E-state index in [9.17, 15) is 9.59 Å². The predicted octanol–water partition coefficient (Wildman–Crippen LogP) is 4.53. The number of anilines is 2. The summed E-state index contributed by atoms with van der Waals surface area (Å²) in [6, 6.07) is 10.5. The number of nitrogens with one attached hydrogen (secondary N) is 1. The number of rotatable bonds is 6. The molecular weight excluding hydrogens is 410 g/mol. The number of carbonyl (C=O) groups is 2. The van der Waals surface area contributed by atoms with Crippen molar-refractivity contribution in [2.45, 2.75) is 26.9 Å². The molecule has 0 saturated heterocycles. The second-order valence-electron chi connectivity index (χ2n) is 6.59. The standard InChI is InChI=1S/C21H20ClN3O3S/c1-12-3-4-13(2)18(7-12)25-19(26)9-20-24-15(11-29-20)10-28-21(27)14-5-6-16(22)17(23)8-14/h3-8,11H,9-10,23H2,1-2H3,(H,25,26).